The largest absolute Gasteiger partial charge is 0.454 e. The van der Waals surface area contributed by atoms with E-state index in [0.717, 1.165) is 0 Å². The van der Waals surface area contributed by atoms with Gasteiger partial charge in [-0.3, -0.25) is 0 Å². The molecule has 3 aliphatic rings. The van der Waals surface area contributed by atoms with Crippen molar-refractivity contribution >= 4 is 5.97 Å². The summed E-state index contributed by atoms with van der Waals surface area (Å²) in [5.41, 5.74) is 0. The number of aliphatic hydroxyl groups excluding tert-OH is 1. The van der Waals surface area contributed by atoms with Crippen LogP contribution in [-0.4, -0.2) is 47.6 Å². The van der Waals surface area contributed by atoms with Crippen molar-refractivity contribution in [2.75, 3.05) is 0 Å². The number of carbonyl (C=O) groups excluding carboxylic acids is 1. The lowest BCUT2D eigenvalue weighted by atomic mass is 10.1. The molecular formula is C9H12O6. The molecule has 0 aromatic heterocycles. The van der Waals surface area contributed by atoms with Gasteiger partial charge in [0.2, 0.25) is 0 Å². The predicted molar refractivity (Wildman–Crippen MR) is 44.6 cm³/mol. The van der Waals surface area contributed by atoms with E-state index in [0.29, 0.717) is 0 Å². The summed E-state index contributed by atoms with van der Waals surface area (Å²) in [6, 6.07) is 0. The molecule has 0 aromatic carbocycles. The van der Waals surface area contributed by atoms with Crippen LogP contribution >= 0.6 is 0 Å². The van der Waals surface area contributed by atoms with Crippen LogP contribution in [0.2, 0.25) is 0 Å². The summed E-state index contributed by atoms with van der Waals surface area (Å²) in [7, 11) is 0. The fourth-order valence-corrected chi connectivity index (χ4v) is 2.23. The minimum absolute atomic E-state index is 0.439. The van der Waals surface area contributed by atoms with Crippen LogP contribution in [0.1, 0.15) is 13.8 Å². The van der Waals surface area contributed by atoms with Gasteiger partial charge in [-0.15, -0.1) is 0 Å². The SMILES string of the molecule is CC1(C)OC2O[C@H]3[C@H](OC(=O)[C@H]3O)[C@H]2O1. The van der Waals surface area contributed by atoms with Crippen LogP contribution in [0.5, 0.6) is 0 Å². The Labute approximate surface area is 86.1 Å². The number of fused-ring (bicyclic) bond motifs is 3. The van der Waals surface area contributed by atoms with Crippen LogP contribution in [0, 0.1) is 0 Å². The van der Waals surface area contributed by atoms with Crippen molar-refractivity contribution in [2.24, 2.45) is 0 Å². The molecule has 1 unspecified atom stereocenters. The summed E-state index contributed by atoms with van der Waals surface area (Å²) in [6.45, 7) is 3.52. The van der Waals surface area contributed by atoms with Crippen LogP contribution in [0.3, 0.4) is 0 Å². The minimum atomic E-state index is -1.23. The number of hydrogen-bond donors (Lipinski definition) is 1. The van der Waals surface area contributed by atoms with E-state index in [4.69, 9.17) is 18.9 Å². The molecule has 84 valence electrons. The third-order valence-electron chi connectivity index (χ3n) is 2.83. The van der Waals surface area contributed by atoms with Gasteiger partial charge in [0.25, 0.3) is 0 Å². The lowest BCUT2D eigenvalue weighted by Gasteiger charge is -2.20. The van der Waals surface area contributed by atoms with Gasteiger partial charge in [-0.1, -0.05) is 0 Å². The first kappa shape index (κ1) is 9.53. The molecule has 3 aliphatic heterocycles. The summed E-state index contributed by atoms with van der Waals surface area (Å²) in [6.07, 6.45) is -3.44. The maximum Gasteiger partial charge on any atom is 0.338 e. The van der Waals surface area contributed by atoms with E-state index in [1.165, 1.54) is 0 Å². The molecule has 3 rings (SSSR count). The van der Waals surface area contributed by atoms with Gasteiger partial charge < -0.3 is 24.1 Å². The smallest absolute Gasteiger partial charge is 0.338 e. The quantitative estimate of drug-likeness (QED) is 0.532. The molecule has 1 N–H and O–H groups in total. The standard InChI is InChI=1S/C9H12O6/c1-9(2)14-6-5-4(13-8(6)15-9)3(10)7(11)12-5/h3-6,8,10H,1-2H3/t3-,4+,5-,6+,8?/m0/s1. The number of rotatable bonds is 0. The molecule has 3 fully saturated rings. The number of aliphatic hydroxyl groups is 1. The molecule has 6 nitrogen and oxygen atoms in total. The molecule has 6 heteroatoms. The zero-order chi connectivity index (χ0) is 10.8. The lowest BCUT2D eigenvalue weighted by Crippen LogP contribution is -2.35. The van der Waals surface area contributed by atoms with E-state index in [-0.39, 0.29) is 0 Å². The Bertz CT molecular complexity index is 314. The summed E-state index contributed by atoms with van der Waals surface area (Å²) >= 11 is 0. The normalized spacial score (nSPS) is 51.4. The van der Waals surface area contributed by atoms with Gasteiger partial charge in [0.15, 0.2) is 30.4 Å². The van der Waals surface area contributed by atoms with E-state index in [1.807, 2.05) is 0 Å². The second-order valence-corrected chi connectivity index (χ2v) is 4.42. The van der Waals surface area contributed by atoms with Crippen molar-refractivity contribution in [3.8, 4) is 0 Å². The second-order valence-electron chi connectivity index (χ2n) is 4.42. The summed E-state index contributed by atoms with van der Waals surface area (Å²) < 4.78 is 21.4. The highest BCUT2D eigenvalue weighted by Gasteiger charge is 2.62. The molecule has 0 amide bonds. The highest BCUT2D eigenvalue weighted by molar-refractivity contribution is 5.78. The highest BCUT2D eigenvalue weighted by Crippen LogP contribution is 2.42. The summed E-state index contributed by atoms with van der Waals surface area (Å²) in [5, 5.41) is 9.44. The van der Waals surface area contributed by atoms with Gasteiger partial charge in [-0.2, -0.15) is 0 Å². The van der Waals surface area contributed by atoms with Gasteiger partial charge in [0.1, 0.15) is 6.10 Å². The summed E-state index contributed by atoms with van der Waals surface area (Å²) in [4.78, 5) is 11.1. The first-order valence-corrected chi connectivity index (χ1v) is 4.88. The Morgan fingerprint density at radius 3 is 2.67 bits per heavy atom. The topological polar surface area (TPSA) is 74.2 Å². The molecule has 3 saturated heterocycles. The Hall–Kier alpha value is -0.690. The molecule has 0 aliphatic carbocycles. The van der Waals surface area contributed by atoms with Crippen LogP contribution in [0.15, 0.2) is 0 Å². The summed E-state index contributed by atoms with van der Waals surface area (Å²) in [5.74, 6) is -1.39. The van der Waals surface area contributed by atoms with Gasteiger partial charge in [0, 0.05) is 0 Å². The van der Waals surface area contributed by atoms with Gasteiger partial charge in [0.05, 0.1) is 0 Å². The van der Waals surface area contributed by atoms with Crippen molar-refractivity contribution in [2.45, 2.75) is 50.3 Å². The van der Waals surface area contributed by atoms with Crippen LogP contribution in [-0.2, 0) is 23.7 Å². The molecule has 0 bridgehead atoms. The molecule has 0 saturated carbocycles. The third kappa shape index (κ3) is 1.22. The van der Waals surface area contributed by atoms with Crippen molar-refractivity contribution < 1.29 is 28.8 Å². The van der Waals surface area contributed by atoms with Crippen molar-refractivity contribution in [1.82, 2.24) is 0 Å². The van der Waals surface area contributed by atoms with E-state index in [1.54, 1.807) is 13.8 Å². The average molecular weight is 216 g/mol. The predicted octanol–water partition coefficient (Wildman–Crippen LogP) is -0.851. The lowest BCUT2D eigenvalue weighted by molar-refractivity contribution is -0.214. The molecule has 15 heavy (non-hydrogen) atoms. The van der Waals surface area contributed by atoms with Gasteiger partial charge in [-0.25, -0.2) is 4.79 Å². The first-order chi connectivity index (χ1) is 6.98. The number of carbonyl (C=O) groups is 1. The average Bonchev–Trinajstić information content (AvgIpc) is 2.66. The number of ether oxygens (including phenoxy) is 4. The molecule has 5 atom stereocenters. The number of hydrogen-bond acceptors (Lipinski definition) is 6. The Balaban J connectivity index is 1.83. The van der Waals surface area contributed by atoms with Crippen molar-refractivity contribution in [3.63, 3.8) is 0 Å². The van der Waals surface area contributed by atoms with Crippen LogP contribution in [0.25, 0.3) is 0 Å². The Morgan fingerprint density at radius 1 is 1.20 bits per heavy atom. The van der Waals surface area contributed by atoms with Gasteiger partial charge in [-0.05, 0) is 13.8 Å². The first-order valence-electron chi connectivity index (χ1n) is 4.88. The van der Waals surface area contributed by atoms with Gasteiger partial charge >= 0.3 is 5.97 Å². The zero-order valence-corrected chi connectivity index (χ0v) is 8.38. The zero-order valence-electron chi connectivity index (χ0n) is 8.38. The van der Waals surface area contributed by atoms with E-state index < -0.39 is 42.5 Å². The molecule has 0 aromatic rings. The van der Waals surface area contributed by atoms with Crippen LogP contribution in [0.4, 0.5) is 0 Å². The molecule has 0 radical (unpaired) electrons. The van der Waals surface area contributed by atoms with Crippen molar-refractivity contribution in [3.05, 3.63) is 0 Å². The Kier molecular flexibility index (Phi) is 1.72. The fraction of sp³-hybridized carbons (Fsp3) is 0.889. The van der Waals surface area contributed by atoms with E-state index >= 15 is 0 Å². The minimum Gasteiger partial charge on any atom is -0.454 e. The number of esters is 1. The second kappa shape index (κ2) is 2.70. The Morgan fingerprint density at radius 2 is 1.93 bits per heavy atom. The molecular weight excluding hydrogens is 204 g/mol. The maximum absolute atomic E-state index is 11.1. The maximum atomic E-state index is 11.1. The molecule has 0 spiro atoms. The van der Waals surface area contributed by atoms with E-state index in [9.17, 15) is 9.90 Å². The van der Waals surface area contributed by atoms with Crippen LogP contribution < -0.4 is 0 Å². The van der Waals surface area contributed by atoms with Crippen molar-refractivity contribution in [1.29, 1.82) is 0 Å². The third-order valence-corrected chi connectivity index (χ3v) is 2.83. The monoisotopic (exact) mass is 216 g/mol. The highest BCUT2D eigenvalue weighted by atomic mass is 16.8. The fourth-order valence-electron chi connectivity index (χ4n) is 2.23. The molecule has 3 heterocycles. The van der Waals surface area contributed by atoms with E-state index in [2.05, 4.69) is 0 Å².